The van der Waals surface area contributed by atoms with Gasteiger partial charge in [0.1, 0.15) is 0 Å². The number of hydrogen-bond donors (Lipinski definition) is 1. The molecule has 0 aromatic rings. The smallest absolute Gasteiger partial charge is 0.249 e. The second-order valence-corrected chi connectivity index (χ2v) is 2.72. The van der Waals surface area contributed by atoms with Crippen molar-refractivity contribution in [3.05, 3.63) is 25.1 Å². The van der Waals surface area contributed by atoms with Crippen LogP contribution >= 0.6 is 0 Å². The summed E-state index contributed by atoms with van der Waals surface area (Å²) in [5.74, 6) is -0.197. The number of rotatable bonds is 3. The van der Waals surface area contributed by atoms with E-state index in [2.05, 4.69) is 11.9 Å². The molecule has 0 radical (unpaired) electrons. The molecular weight excluding hydrogens is 168 g/mol. The van der Waals surface area contributed by atoms with Crippen molar-refractivity contribution in [1.82, 2.24) is 10.2 Å². The lowest BCUT2D eigenvalue weighted by atomic mass is 10.4. The molecule has 1 fully saturated rings. The lowest BCUT2D eigenvalue weighted by molar-refractivity contribution is -0.125. The molecule has 1 N–H and O–H groups in total. The van der Waals surface area contributed by atoms with Crippen molar-refractivity contribution in [1.29, 1.82) is 0 Å². The van der Waals surface area contributed by atoms with Gasteiger partial charge in [-0.2, -0.15) is 0 Å². The van der Waals surface area contributed by atoms with Gasteiger partial charge < -0.3 is 10.2 Å². The highest BCUT2D eigenvalue weighted by Gasteiger charge is 2.17. The van der Waals surface area contributed by atoms with Crippen molar-refractivity contribution in [2.45, 2.75) is 12.8 Å². The highest BCUT2D eigenvalue weighted by molar-refractivity contribution is 5.89. The summed E-state index contributed by atoms with van der Waals surface area (Å²) in [7, 11) is 0. The van der Waals surface area contributed by atoms with Crippen molar-refractivity contribution >= 4 is 11.8 Å². The Hall–Kier alpha value is -1.58. The summed E-state index contributed by atoms with van der Waals surface area (Å²) >= 11 is 0. The third-order valence-corrected chi connectivity index (χ3v) is 1.76. The van der Waals surface area contributed by atoms with Crippen LogP contribution in [0.4, 0.5) is 0 Å². The van der Waals surface area contributed by atoms with Crippen LogP contribution in [0.25, 0.3) is 0 Å². The van der Waals surface area contributed by atoms with Crippen LogP contribution in [0.5, 0.6) is 0 Å². The average Bonchev–Trinajstić information content (AvgIpc) is 2.48. The second-order valence-electron chi connectivity index (χ2n) is 2.72. The molecule has 0 bridgehead atoms. The van der Waals surface area contributed by atoms with Gasteiger partial charge in [-0.25, -0.2) is 0 Å². The molecule has 1 aliphatic heterocycles. The Balaban J connectivity index is 2.42. The van der Waals surface area contributed by atoms with Gasteiger partial charge in [-0.15, -0.1) is 0 Å². The van der Waals surface area contributed by atoms with Crippen LogP contribution in [-0.4, -0.2) is 23.3 Å². The maximum absolute atomic E-state index is 11.1. The lowest BCUT2D eigenvalue weighted by Gasteiger charge is -2.07. The first kappa shape index (κ1) is 9.51. The largest absolute Gasteiger partial charge is 0.330 e. The summed E-state index contributed by atoms with van der Waals surface area (Å²) in [6.07, 6.45) is 5.58. The van der Waals surface area contributed by atoms with Crippen LogP contribution < -0.4 is 5.32 Å². The molecule has 0 aliphatic carbocycles. The van der Waals surface area contributed by atoms with Crippen molar-refractivity contribution in [2.24, 2.45) is 0 Å². The average molecular weight is 180 g/mol. The Bertz CT molecular complexity index is 258. The fraction of sp³-hybridized carbons (Fsp3) is 0.333. The minimum Gasteiger partial charge on any atom is -0.330 e. The summed E-state index contributed by atoms with van der Waals surface area (Å²) in [5, 5.41) is 2.38. The molecule has 2 amide bonds. The highest BCUT2D eigenvalue weighted by Crippen LogP contribution is 2.09. The van der Waals surface area contributed by atoms with E-state index >= 15 is 0 Å². The van der Waals surface area contributed by atoms with Crippen LogP contribution in [0.15, 0.2) is 25.1 Å². The topological polar surface area (TPSA) is 49.4 Å². The predicted molar refractivity (Wildman–Crippen MR) is 48.4 cm³/mol. The summed E-state index contributed by atoms with van der Waals surface area (Å²) < 4.78 is 0. The molecule has 0 aromatic heterocycles. The van der Waals surface area contributed by atoms with Crippen LogP contribution in [0.2, 0.25) is 0 Å². The van der Waals surface area contributed by atoms with E-state index in [0.29, 0.717) is 13.0 Å². The van der Waals surface area contributed by atoms with Crippen molar-refractivity contribution in [3.63, 3.8) is 0 Å². The van der Waals surface area contributed by atoms with Crippen molar-refractivity contribution in [3.8, 4) is 0 Å². The summed E-state index contributed by atoms with van der Waals surface area (Å²) in [6.45, 7) is 4.05. The standard InChI is InChI=1S/C9H12N2O2/c1-2-10-8(12)5-7-11-6-3-4-9(11)13/h2,5,7H,1,3-4,6H2,(H,10,12). The first-order valence-electron chi connectivity index (χ1n) is 4.13. The lowest BCUT2D eigenvalue weighted by Crippen LogP contribution is -2.20. The van der Waals surface area contributed by atoms with Crippen LogP contribution in [0.1, 0.15) is 12.8 Å². The van der Waals surface area contributed by atoms with Gasteiger partial charge >= 0.3 is 0 Å². The van der Waals surface area contributed by atoms with E-state index in [1.807, 2.05) is 0 Å². The van der Waals surface area contributed by atoms with Gasteiger partial charge in [0.25, 0.3) is 0 Å². The fourth-order valence-corrected chi connectivity index (χ4v) is 1.13. The van der Waals surface area contributed by atoms with E-state index in [9.17, 15) is 9.59 Å². The number of nitrogens with one attached hydrogen (secondary N) is 1. The van der Waals surface area contributed by atoms with Gasteiger partial charge in [-0.1, -0.05) is 6.58 Å². The Labute approximate surface area is 76.9 Å². The maximum atomic E-state index is 11.1. The summed E-state index contributed by atoms with van der Waals surface area (Å²) in [4.78, 5) is 23.5. The Morgan fingerprint density at radius 3 is 2.92 bits per heavy atom. The summed E-state index contributed by atoms with van der Waals surface area (Å²) in [6, 6.07) is 0. The number of likely N-dealkylation sites (tertiary alicyclic amines) is 1. The highest BCUT2D eigenvalue weighted by atomic mass is 16.2. The zero-order valence-electron chi connectivity index (χ0n) is 7.32. The second kappa shape index (κ2) is 4.45. The molecule has 0 saturated carbocycles. The number of nitrogens with zero attached hydrogens (tertiary/aromatic N) is 1. The maximum Gasteiger partial charge on any atom is 0.249 e. The normalized spacial score (nSPS) is 16.6. The molecule has 1 saturated heterocycles. The third kappa shape index (κ3) is 2.74. The van der Waals surface area contributed by atoms with Crippen molar-refractivity contribution < 1.29 is 9.59 Å². The first-order chi connectivity index (χ1) is 6.24. The van der Waals surface area contributed by atoms with E-state index in [0.717, 1.165) is 6.42 Å². The van der Waals surface area contributed by atoms with Gasteiger partial charge in [0.15, 0.2) is 0 Å². The molecule has 1 heterocycles. The number of carbonyl (C=O) groups is 2. The molecule has 0 spiro atoms. The van der Waals surface area contributed by atoms with Gasteiger partial charge in [0, 0.05) is 25.2 Å². The predicted octanol–water partition coefficient (Wildman–Crippen LogP) is 0.382. The fourth-order valence-electron chi connectivity index (χ4n) is 1.13. The van der Waals surface area contributed by atoms with E-state index in [1.54, 1.807) is 4.90 Å². The van der Waals surface area contributed by atoms with Gasteiger partial charge in [-0.3, -0.25) is 9.59 Å². The zero-order valence-corrected chi connectivity index (χ0v) is 7.32. The van der Waals surface area contributed by atoms with E-state index in [-0.39, 0.29) is 11.8 Å². The van der Waals surface area contributed by atoms with Gasteiger partial charge in [0.05, 0.1) is 0 Å². The van der Waals surface area contributed by atoms with Gasteiger partial charge in [0.2, 0.25) is 11.8 Å². The van der Waals surface area contributed by atoms with Crippen LogP contribution in [0, 0.1) is 0 Å². The molecule has 1 aliphatic rings. The molecule has 1 rings (SSSR count). The van der Waals surface area contributed by atoms with E-state index in [4.69, 9.17) is 0 Å². The minimum absolute atomic E-state index is 0.0719. The number of carbonyl (C=O) groups excluding carboxylic acids is 2. The van der Waals surface area contributed by atoms with E-state index < -0.39 is 0 Å². The molecule has 13 heavy (non-hydrogen) atoms. The number of amides is 2. The SMILES string of the molecule is C=CNC(=O)C=CN1CCCC1=O. The van der Waals surface area contributed by atoms with Crippen LogP contribution in [0.3, 0.4) is 0 Å². The molecule has 0 atom stereocenters. The Morgan fingerprint density at radius 2 is 2.38 bits per heavy atom. The minimum atomic E-state index is -0.269. The molecule has 4 nitrogen and oxygen atoms in total. The molecule has 0 aromatic carbocycles. The molecule has 4 heteroatoms. The summed E-state index contributed by atoms with van der Waals surface area (Å²) in [5.41, 5.74) is 0. The quantitative estimate of drug-likeness (QED) is 0.638. The third-order valence-electron chi connectivity index (χ3n) is 1.76. The van der Waals surface area contributed by atoms with Crippen LogP contribution in [-0.2, 0) is 9.59 Å². The molecule has 70 valence electrons. The first-order valence-corrected chi connectivity index (χ1v) is 4.13. The monoisotopic (exact) mass is 180 g/mol. The molecular formula is C9H12N2O2. The Morgan fingerprint density at radius 1 is 1.62 bits per heavy atom. The molecule has 0 unspecified atom stereocenters. The zero-order chi connectivity index (χ0) is 9.68. The van der Waals surface area contributed by atoms with Crippen molar-refractivity contribution in [2.75, 3.05) is 6.54 Å². The Kier molecular flexibility index (Phi) is 3.25. The van der Waals surface area contributed by atoms with Gasteiger partial charge in [-0.05, 0) is 12.6 Å². The number of hydrogen-bond acceptors (Lipinski definition) is 2. The van der Waals surface area contributed by atoms with E-state index in [1.165, 1.54) is 18.5 Å².